The van der Waals surface area contributed by atoms with Gasteiger partial charge in [0.2, 0.25) is 0 Å². The fraction of sp³-hybridized carbons (Fsp3) is 0.306. The molecule has 1 N–H and O–H groups in total. The van der Waals surface area contributed by atoms with Crippen LogP contribution in [0.3, 0.4) is 0 Å². The van der Waals surface area contributed by atoms with Gasteiger partial charge in [-0.3, -0.25) is 4.79 Å². The van der Waals surface area contributed by atoms with Crippen molar-refractivity contribution in [1.29, 1.82) is 0 Å². The van der Waals surface area contributed by atoms with Gasteiger partial charge in [-0.25, -0.2) is 0 Å². The van der Waals surface area contributed by atoms with Crippen LogP contribution < -0.4 is 5.32 Å². The van der Waals surface area contributed by atoms with E-state index in [2.05, 4.69) is 81.5 Å². The maximum Gasteiger partial charge on any atom is 0.162 e. The van der Waals surface area contributed by atoms with Crippen LogP contribution in [0.15, 0.2) is 109 Å². The number of ketones is 1. The number of Topliss-reactive ketones (excluding diaryl/α,β-unsaturated/α-hetero) is 1. The molecule has 5 rings (SSSR count). The lowest BCUT2D eigenvalue weighted by atomic mass is 9.59. The van der Waals surface area contributed by atoms with E-state index in [-0.39, 0.29) is 5.78 Å². The summed E-state index contributed by atoms with van der Waals surface area (Å²) in [6, 6.07) is 36.9. The van der Waals surface area contributed by atoms with Crippen LogP contribution in [0.1, 0.15) is 66.5 Å². The van der Waals surface area contributed by atoms with E-state index in [1.165, 1.54) is 32.4 Å². The van der Waals surface area contributed by atoms with Crippen LogP contribution in [0.25, 0.3) is 0 Å². The van der Waals surface area contributed by atoms with Gasteiger partial charge in [0.05, 0.1) is 10.8 Å². The maximum absolute atomic E-state index is 15.0. The number of carbonyl (C=O) groups excluding carboxylic acids is 1. The first-order valence-electron chi connectivity index (χ1n) is 13.9. The quantitative estimate of drug-likeness (QED) is 0.289. The van der Waals surface area contributed by atoms with Gasteiger partial charge in [0.25, 0.3) is 0 Å². The van der Waals surface area contributed by atoms with Crippen LogP contribution in [0.5, 0.6) is 0 Å². The molecule has 1 aliphatic rings. The van der Waals surface area contributed by atoms with Gasteiger partial charge in [0.15, 0.2) is 5.78 Å². The molecule has 0 aromatic heterocycles. The number of rotatable bonds is 6. The van der Waals surface area contributed by atoms with Crippen molar-refractivity contribution in [3.63, 3.8) is 0 Å². The first-order valence-corrected chi connectivity index (χ1v) is 13.9. The Balaban J connectivity index is 0.000000494. The first-order chi connectivity index (χ1) is 18.4. The van der Waals surface area contributed by atoms with Crippen LogP contribution in [0, 0.1) is 13.8 Å². The number of nitrogens with one attached hydrogen (secondary N) is 1. The number of carbonyl (C=O) groups is 1. The largest absolute Gasteiger partial charge is 0.317 e. The summed E-state index contributed by atoms with van der Waals surface area (Å²) >= 11 is 0. The molecule has 4 aromatic rings. The second-order valence-electron chi connectivity index (χ2n) is 10.8. The fourth-order valence-corrected chi connectivity index (χ4v) is 5.93. The van der Waals surface area contributed by atoms with Gasteiger partial charge in [-0.1, -0.05) is 116 Å². The Hall–Kier alpha value is -3.49. The van der Waals surface area contributed by atoms with E-state index in [1.54, 1.807) is 0 Å². The Labute approximate surface area is 229 Å². The summed E-state index contributed by atoms with van der Waals surface area (Å²) in [7, 11) is 0. The minimum absolute atomic E-state index is 0.172. The molecule has 0 amide bonds. The highest BCUT2D eigenvalue weighted by Gasteiger charge is 2.49. The average molecular weight is 504 g/mol. The van der Waals surface area contributed by atoms with Crippen molar-refractivity contribution in [2.45, 2.75) is 57.8 Å². The third-order valence-corrected chi connectivity index (χ3v) is 8.19. The molecule has 0 saturated carbocycles. The molecule has 196 valence electrons. The van der Waals surface area contributed by atoms with Crippen LogP contribution >= 0.6 is 0 Å². The predicted octanol–water partition coefficient (Wildman–Crippen LogP) is 7.94. The lowest BCUT2D eigenvalue weighted by molar-refractivity contribution is -0.126. The van der Waals surface area contributed by atoms with Crippen LogP contribution in [0.2, 0.25) is 0 Å². The normalized spacial score (nSPS) is 16.3. The van der Waals surface area contributed by atoms with Crippen molar-refractivity contribution in [3.05, 3.63) is 143 Å². The zero-order valence-corrected chi connectivity index (χ0v) is 23.3. The van der Waals surface area contributed by atoms with Crippen molar-refractivity contribution in [2.24, 2.45) is 0 Å². The molecule has 0 bridgehead atoms. The molecular weight excluding hydrogens is 462 g/mol. The Morgan fingerprint density at radius 3 is 1.24 bits per heavy atom. The Kier molecular flexibility index (Phi) is 8.97. The molecule has 1 fully saturated rings. The standard InChI is InChI=1S/C31H30O.C5H11N/c1-23-15-11-13-21-27(23)30(3,25-17-7-5-8-18-25)29(32)31(4,26-19-9-6-10-20-26)28-22-14-12-16-24(28)2;1-2-4-6-5-3-1/h5-22H,1-4H3;6H,1-5H2. The molecule has 2 nitrogen and oxygen atoms in total. The SMILES string of the molecule is C1CCNCC1.Cc1ccccc1C(C)(C(=O)C(C)(c1ccccc1)c1ccccc1C)c1ccccc1. The number of piperidine rings is 1. The molecule has 2 heteroatoms. The monoisotopic (exact) mass is 503 g/mol. The lowest BCUT2D eigenvalue weighted by Gasteiger charge is -2.41. The molecule has 0 spiro atoms. The Morgan fingerprint density at radius 2 is 0.921 bits per heavy atom. The van der Waals surface area contributed by atoms with Crippen LogP contribution in [-0.4, -0.2) is 18.9 Å². The molecule has 1 saturated heterocycles. The van der Waals surface area contributed by atoms with Crippen LogP contribution in [-0.2, 0) is 15.6 Å². The third kappa shape index (κ3) is 5.51. The number of hydrogen-bond acceptors (Lipinski definition) is 2. The van der Waals surface area contributed by atoms with Gasteiger partial charge in [0.1, 0.15) is 0 Å². The molecule has 0 aliphatic carbocycles. The van der Waals surface area contributed by atoms with E-state index >= 15 is 0 Å². The van der Waals surface area contributed by atoms with Crippen molar-refractivity contribution >= 4 is 5.78 Å². The number of benzene rings is 4. The highest BCUT2D eigenvalue weighted by Crippen LogP contribution is 2.45. The topological polar surface area (TPSA) is 29.1 Å². The summed E-state index contributed by atoms with van der Waals surface area (Å²) in [6.45, 7) is 10.9. The van der Waals surface area contributed by atoms with E-state index in [9.17, 15) is 4.79 Å². The molecule has 1 heterocycles. The molecule has 4 aromatic carbocycles. The second kappa shape index (κ2) is 12.4. The van der Waals surface area contributed by atoms with Gasteiger partial charge in [-0.05, 0) is 87.0 Å². The van der Waals surface area contributed by atoms with E-state index < -0.39 is 10.8 Å². The smallest absolute Gasteiger partial charge is 0.162 e. The van der Waals surface area contributed by atoms with Gasteiger partial charge >= 0.3 is 0 Å². The zero-order valence-electron chi connectivity index (χ0n) is 23.3. The molecule has 0 radical (unpaired) electrons. The number of hydrogen-bond donors (Lipinski definition) is 1. The lowest BCUT2D eigenvalue weighted by Crippen LogP contribution is -2.48. The molecule has 38 heavy (non-hydrogen) atoms. The molecule has 1 aliphatic heterocycles. The average Bonchev–Trinajstić information content (AvgIpc) is 2.98. The van der Waals surface area contributed by atoms with Crippen molar-refractivity contribution in [1.82, 2.24) is 5.32 Å². The molecule has 2 unspecified atom stereocenters. The highest BCUT2D eigenvalue weighted by atomic mass is 16.1. The summed E-state index contributed by atoms with van der Waals surface area (Å²) in [5.74, 6) is 0.172. The molecule has 2 atom stereocenters. The third-order valence-electron chi connectivity index (χ3n) is 8.19. The highest BCUT2D eigenvalue weighted by molar-refractivity contribution is 6.04. The zero-order chi connectivity index (χ0) is 27.0. The first kappa shape index (κ1) is 27.5. The Bertz CT molecular complexity index is 1220. The summed E-state index contributed by atoms with van der Waals surface area (Å²) in [6.07, 6.45) is 4.22. The maximum atomic E-state index is 15.0. The van der Waals surface area contributed by atoms with Gasteiger partial charge < -0.3 is 5.32 Å². The van der Waals surface area contributed by atoms with Crippen molar-refractivity contribution < 1.29 is 4.79 Å². The van der Waals surface area contributed by atoms with Crippen LogP contribution in [0.4, 0.5) is 0 Å². The van der Waals surface area contributed by atoms with E-state index in [4.69, 9.17) is 0 Å². The van der Waals surface area contributed by atoms with Gasteiger partial charge in [-0.2, -0.15) is 0 Å². The second-order valence-corrected chi connectivity index (χ2v) is 10.8. The van der Waals surface area contributed by atoms with E-state index in [1.807, 2.05) is 60.7 Å². The minimum Gasteiger partial charge on any atom is -0.317 e. The van der Waals surface area contributed by atoms with Gasteiger partial charge in [-0.15, -0.1) is 0 Å². The Morgan fingerprint density at radius 1 is 0.553 bits per heavy atom. The summed E-state index contributed by atoms with van der Waals surface area (Å²) in [4.78, 5) is 15.0. The van der Waals surface area contributed by atoms with E-state index in [0.717, 1.165) is 33.4 Å². The fourth-order valence-electron chi connectivity index (χ4n) is 5.93. The summed E-state index contributed by atoms with van der Waals surface area (Å²) < 4.78 is 0. The van der Waals surface area contributed by atoms with Crippen molar-refractivity contribution in [2.75, 3.05) is 13.1 Å². The van der Waals surface area contributed by atoms with Crippen molar-refractivity contribution in [3.8, 4) is 0 Å². The summed E-state index contributed by atoms with van der Waals surface area (Å²) in [5, 5.41) is 3.28. The van der Waals surface area contributed by atoms with E-state index in [0.29, 0.717) is 0 Å². The minimum atomic E-state index is -0.820. The summed E-state index contributed by atoms with van der Waals surface area (Å²) in [5.41, 5.74) is 4.71. The van der Waals surface area contributed by atoms with Gasteiger partial charge in [0, 0.05) is 0 Å². The predicted molar refractivity (Wildman–Crippen MR) is 160 cm³/mol. The number of aryl methyl sites for hydroxylation is 2. The molecular formula is C36H41NO.